The van der Waals surface area contributed by atoms with Gasteiger partial charge in [-0.25, -0.2) is 14.0 Å². The fourth-order valence-corrected chi connectivity index (χ4v) is 1.96. The minimum Gasteiger partial charge on any atom is -0.448 e. The third-order valence-electron chi connectivity index (χ3n) is 2.28. The van der Waals surface area contributed by atoms with Crippen molar-refractivity contribution in [3.05, 3.63) is 41.0 Å². The average Bonchev–Trinajstić information content (AvgIpc) is 2.34. The molecule has 1 aromatic carbocycles. The van der Waals surface area contributed by atoms with E-state index in [1.54, 1.807) is 0 Å². The molecular weight excluding hydrogens is 334 g/mol. The molecule has 0 aromatic heterocycles. The molecule has 1 N–H and O–H groups in total. The molecule has 22 heavy (non-hydrogen) atoms. The zero-order valence-electron chi connectivity index (χ0n) is 10.5. The van der Waals surface area contributed by atoms with E-state index in [-0.39, 0.29) is 5.69 Å². The lowest BCUT2D eigenvalue weighted by Gasteiger charge is -2.19. The number of nitrogens with zero attached hydrogens (tertiary/aromatic N) is 1. The molecule has 0 heterocycles. The lowest BCUT2D eigenvalue weighted by atomic mass is 10.2. The predicted octanol–water partition coefficient (Wildman–Crippen LogP) is 2.35. The second-order valence-electron chi connectivity index (χ2n) is 3.96. The van der Waals surface area contributed by atoms with E-state index >= 15 is 0 Å². The first-order chi connectivity index (χ1) is 9.94. The predicted molar refractivity (Wildman–Crippen MR) is 64.3 cm³/mol. The van der Waals surface area contributed by atoms with Gasteiger partial charge in [0.2, 0.25) is 6.10 Å². The van der Waals surface area contributed by atoms with Crippen molar-refractivity contribution in [1.29, 1.82) is 0 Å². The Bertz CT molecular complexity index is 723. The summed E-state index contributed by atoms with van der Waals surface area (Å²) >= 11 is 0. The fourth-order valence-electron chi connectivity index (χ4n) is 1.32. The third kappa shape index (κ3) is 4.97. The highest BCUT2D eigenvalue weighted by Crippen LogP contribution is 2.26. The van der Waals surface area contributed by atoms with Gasteiger partial charge in [-0.2, -0.15) is 21.6 Å². The highest BCUT2D eigenvalue weighted by atomic mass is 32.2. The van der Waals surface area contributed by atoms with Gasteiger partial charge in [-0.15, -0.1) is 0 Å². The van der Waals surface area contributed by atoms with E-state index in [9.17, 15) is 30.8 Å². The van der Waals surface area contributed by atoms with E-state index in [1.807, 2.05) is 0 Å². The van der Waals surface area contributed by atoms with Gasteiger partial charge in [-0.3, -0.25) is 4.55 Å². The summed E-state index contributed by atoms with van der Waals surface area (Å²) in [5, 5.41) is 0. The quantitative estimate of drug-likeness (QED) is 0.393. The van der Waals surface area contributed by atoms with Crippen LogP contribution in [0.5, 0.6) is 0 Å². The van der Waals surface area contributed by atoms with Gasteiger partial charge in [0.1, 0.15) is 11.6 Å². The molecule has 0 radical (unpaired) electrons. The standard InChI is InChI=1S/C11H7F4NO5S/c1-16-6-2-3-7(8(12)4-6)10(17)21-9(11(13,14)15)5-22(18,19)20/h2-4,9H,5H2,(H,18,19,20). The second-order valence-corrected chi connectivity index (χ2v) is 5.46. The first-order valence-electron chi connectivity index (χ1n) is 5.34. The SMILES string of the molecule is [C-]#[N+]c1ccc(C(=O)OC(CS(=O)(=O)O)C(F)(F)F)c(F)c1. The van der Waals surface area contributed by atoms with Crippen molar-refractivity contribution < 1.29 is 40.1 Å². The number of hydrogen-bond acceptors (Lipinski definition) is 4. The van der Waals surface area contributed by atoms with E-state index in [0.717, 1.165) is 12.1 Å². The van der Waals surface area contributed by atoms with Gasteiger partial charge in [0.05, 0.1) is 12.1 Å². The molecule has 0 aliphatic heterocycles. The molecule has 0 amide bonds. The molecule has 1 unspecified atom stereocenters. The average molecular weight is 341 g/mol. The molecule has 0 fully saturated rings. The highest BCUT2D eigenvalue weighted by Gasteiger charge is 2.45. The zero-order chi connectivity index (χ0) is 17.1. The summed E-state index contributed by atoms with van der Waals surface area (Å²) in [5.74, 6) is -4.99. The molecule has 1 aromatic rings. The Morgan fingerprint density at radius 1 is 1.41 bits per heavy atom. The third-order valence-corrected chi connectivity index (χ3v) is 3.00. The first kappa shape index (κ1) is 17.9. The van der Waals surface area contributed by atoms with E-state index < -0.39 is 45.5 Å². The maximum absolute atomic E-state index is 13.5. The number of esters is 1. The molecule has 120 valence electrons. The molecule has 0 saturated heterocycles. The Kier molecular flexibility index (Phi) is 5.10. The maximum atomic E-state index is 13.5. The van der Waals surface area contributed by atoms with Crippen LogP contribution in [0.15, 0.2) is 18.2 Å². The molecule has 0 spiro atoms. The maximum Gasteiger partial charge on any atom is 0.426 e. The summed E-state index contributed by atoms with van der Waals surface area (Å²) in [6.45, 7) is 6.61. The van der Waals surface area contributed by atoms with Crippen molar-refractivity contribution in [1.82, 2.24) is 0 Å². The topological polar surface area (TPSA) is 85.0 Å². The van der Waals surface area contributed by atoms with E-state index in [0.29, 0.717) is 6.07 Å². The van der Waals surface area contributed by atoms with E-state index in [4.69, 9.17) is 11.1 Å². The van der Waals surface area contributed by atoms with E-state index in [2.05, 4.69) is 9.58 Å². The van der Waals surface area contributed by atoms with Crippen LogP contribution >= 0.6 is 0 Å². The van der Waals surface area contributed by atoms with Crippen LogP contribution in [0.1, 0.15) is 10.4 Å². The van der Waals surface area contributed by atoms with Gasteiger partial charge in [0.25, 0.3) is 10.1 Å². The number of benzene rings is 1. The Morgan fingerprint density at radius 3 is 2.41 bits per heavy atom. The normalized spacial score (nSPS) is 13.3. The molecule has 11 heteroatoms. The minimum absolute atomic E-state index is 0.195. The summed E-state index contributed by atoms with van der Waals surface area (Å²) in [7, 11) is -5.09. The van der Waals surface area contributed by atoms with Crippen molar-refractivity contribution in [2.24, 2.45) is 0 Å². The van der Waals surface area contributed by atoms with Gasteiger partial charge in [0, 0.05) is 0 Å². The van der Waals surface area contributed by atoms with Crippen LogP contribution in [-0.2, 0) is 14.9 Å². The monoisotopic (exact) mass is 341 g/mol. The van der Waals surface area contributed by atoms with Gasteiger partial charge < -0.3 is 4.74 Å². The summed E-state index contributed by atoms with van der Waals surface area (Å²) in [6, 6.07) is 2.30. The Hall–Kier alpha value is -2.19. The summed E-state index contributed by atoms with van der Waals surface area (Å²) in [5.41, 5.74) is -1.10. The van der Waals surface area contributed by atoms with Gasteiger partial charge in [-0.1, -0.05) is 12.1 Å². The lowest BCUT2D eigenvalue weighted by molar-refractivity contribution is -0.197. The number of halogens is 4. The molecular formula is C11H7F4NO5S. The summed E-state index contributed by atoms with van der Waals surface area (Å²) in [4.78, 5) is 14.3. The van der Waals surface area contributed by atoms with E-state index in [1.165, 1.54) is 0 Å². The molecule has 1 atom stereocenters. The number of ether oxygens (including phenoxy) is 1. The van der Waals surface area contributed by atoms with Crippen LogP contribution in [0.25, 0.3) is 4.85 Å². The minimum atomic E-state index is -5.28. The zero-order valence-corrected chi connectivity index (χ0v) is 11.3. The van der Waals surface area contributed by atoms with Crippen LogP contribution in [-0.4, -0.2) is 37.0 Å². The van der Waals surface area contributed by atoms with Crippen molar-refractivity contribution in [3.63, 3.8) is 0 Å². The lowest BCUT2D eigenvalue weighted by Crippen LogP contribution is -2.39. The van der Waals surface area contributed by atoms with Gasteiger partial charge >= 0.3 is 12.1 Å². The van der Waals surface area contributed by atoms with Gasteiger partial charge in [-0.05, 0) is 6.07 Å². The highest BCUT2D eigenvalue weighted by molar-refractivity contribution is 7.85. The van der Waals surface area contributed by atoms with Crippen molar-refractivity contribution in [2.45, 2.75) is 12.3 Å². The first-order valence-corrected chi connectivity index (χ1v) is 6.95. The summed E-state index contributed by atoms with van der Waals surface area (Å²) < 4.78 is 84.5. The van der Waals surface area contributed by atoms with Crippen LogP contribution in [0.3, 0.4) is 0 Å². The van der Waals surface area contributed by atoms with Crippen molar-refractivity contribution in [2.75, 3.05) is 5.75 Å². The van der Waals surface area contributed by atoms with Crippen LogP contribution in [0.2, 0.25) is 0 Å². The number of carbonyl (C=O) groups excluding carboxylic acids is 1. The molecule has 0 bridgehead atoms. The van der Waals surface area contributed by atoms with Crippen molar-refractivity contribution in [3.8, 4) is 0 Å². The van der Waals surface area contributed by atoms with Crippen molar-refractivity contribution >= 4 is 21.8 Å². The molecule has 0 aliphatic carbocycles. The Labute approximate surface area is 121 Å². The van der Waals surface area contributed by atoms with Crippen LogP contribution in [0.4, 0.5) is 23.2 Å². The Morgan fingerprint density at radius 2 is 2.00 bits per heavy atom. The van der Waals surface area contributed by atoms with Crippen LogP contribution < -0.4 is 0 Å². The molecule has 0 saturated carbocycles. The number of carbonyl (C=O) groups is 1. The smallest absolute Gasteiger partial charge is 0.426 e. The number of alkyl halides is 3. The molecule has 0 aliphatic rings. The van der Waals surface area contributed by atoms with Gasteiger partial charge in [0.15, 0.2) is 5.69 Å². The number of rotatable bonds is 4. The number of hydrogen-bond donors (Lipinski definition) is 1. The summed E-state index contributed by atoms with van der Waals surface area (Å²) in [6.07, 6.45) is -8.44. The molecule has 1 rings (SSSR count). The second kappa shape index (κ2) is 6.29. The largest absolute Gasteiger partial charge is 0.448 e. The van der Waals surface area contributed by atoms with Crippen LogP contribution in [0, 0.1) is 12.4 Å². The molecule has 6 nitrogen and oxygen atoms in total. The fraction of sp³-hybridized carbons (Fsp3) is 0.273. The Balaban J connectivity index is 3.04.